The van der Waals surface area contributed by atoms with Crippen LogP contribution in [0.25, 0.3) is 0 Å². The quantitative estimate of drug-likeness (QED) is 0.562. The van der Waals surface area contributed by atoms with Gasteiger partial charge < -0.3 is 0 Å². The van der Waals surface area contributed by atoms with Crippen LogP contribution >= 0.6 is 12.6 Å². The van der Waals surface area contributed by atoms with Gasteiger partial charge in [0.15, 0.2) is 0 Å². The van der Waals surface area contributed by atoms with Crippen LogP contribution in [0.4, 0.5) is 0 Å². The van der Waals surface area contributed by atoms with Crippen molar-refractivity contribution >= 4 is 12.6 Å². The molecule has 0 saturated heterocycles. The second-order valence-corrected chi connectivity index (χ2v) is 5.32. The van der Waals surface area contributed by atoms with E-state index in [0.717, 1.165) is 18.3 Å². The predicted molar refractivity (Wildman–Crippen MR) is 69.8 cm³/mol. The lowest BCUT2D eigenvalue weighted by atomic mass is 9.96. The number of thiol groups is 1. The summed E-state index contributed by atoms with van der Waals surface area (Å²) in [6.07, 6.45) is 8.69. The minimum absolute atomic E-state index is 0.857. The van der Waals surface area contributed by atoms with E-state index in [2.05, 4.69) is 46.4 Å². The molecule has 0 aliphatic rings. The van der Waals surface area contributed by atoms with Crippen molar-refractivity contribution in [2.45, 2.75) is 59.8 Å². The molecule has 14 heavy (non-hydrogen) atoms. The SMILES string of the molecule is C/C=C(\S)CCC(C)CCCC(C)C. The van der Waals surface area contributed by atoms with Gasteiger partial charge >= 0.3 is 0 Å². The van der Waals surface area contributed by atoms with Crippen molar-refractivity contribution in [1.29, 1.82) is 0 Å². The summed E-state index contributed by atoms with van der Waals surface area (Å²) in [6, 6.07) is 0. The molecule has 0 aromatic heterocycles. The number of hydrogen-bond donors (Lipinski definition) is 1. The minimum atomic E-state index is 0.857. The van der Waals surface area contributed by atoms with Crippen LogP contribution in [0.1, 0.15) is 59.8 Å². The summed E-state index contributed by atoms with van der Waals surface area (Å²) in [5.41, 5.74) is 0. The zero-order valence-electron chi connectivity index (χ0n) is 10.2. The first-order valence-electron chi connectivity index (χ1n) is 5.90. The van der Waals surface area contributed by atoms with E-state index >= 15 is 0 Å². The summed E-state index contributed by atoms with van der Waals surface area (Å²) >= 11 is 4.39. The fourth-order valence-corrected chi connectivity index (χ4v) is 1.69. The Morgan fingerprint density at radius 2 is 1.79 bits per heavy atom. The van der Waals surface area contributed by atoms with Crippen LogP contribution in [-0.4, -0.2) is 0 Å². The zero-order chi connectivity index (χ0) is 11.0. The molecule has 0 radical (unpaired) electrons. The van der Waals surface area contributed by atoms with Crippen molar-refractivity contribution in [1.82, 2.24) is 0 Å². The first-order valence-corrected chi connectivity index (χ1v) is 6.35. The first-order chi connectivity index (χ1) is 6.56. The summed E-state index contributed by atoms with van der Waals surface area (Å²) in [4.78, 5) is 1.24. The average molecular weight is 214 g/mol. The molecule has 0 fully saturated rings. The first kappa shape index (κ1) is 14.1. The molecule has 0 nitrogen and oxygen atoms in total. The number of hydrogen-bond acceptors (Lipinski definition) is 1. The Morgan fingerprint density at radius 1 is 1.14 bits per heavy atom. The molecule has 0 N–H and O–H groups in total. The fraction of sp³-hybridized carbons (Fsp3) is 0.846. The normalized spacial score (nSPS) is 14.9. The maximum Gasteiger partial charge on any atom is -0.0222 e. The molecule has 0 bridgehead atoms. The highest BCUT2D eigenvalue weighted by atomic mass is 32.1. The van der Waals surface area contributed by atoms with Crippen LogP contribution in [0, 0.1) is 11.8 Å². The molecule has 1 atom stereocenters. The zero-order valence-corrected chi connectivity index (χ0v) is 11.1. The molecule has 0 aromatic carbocycles. The van der Waals surface area contributed by atoms with E-state index in [1.807, 2.05) is 0 Å². The van der Waals surface area contributed by atoms with Gasteiger partial charge in [0.2, 0.25) is 0 Å². The minimum Gasteiger partial charge on any atom is -0.148 e. The van der Waals surface area contributed by atoms with Gasteiger partial charge in [0.1, 0.15) is 0 Å². The maximum atomic E-state index is 4.39. The summed E-state index contributed by atoms with van der Waals surface area (Å²) < 4.78 is 0. The lowest BCUT2D eigenvalue weighted by molar-refractivity contribution is 0.438. The van der Waals surface area contributed by atoms with Crippen molar-refractivity contribution in [3.8, 4) is 0 Å². The Balaban J connectivity index is 3.41. The molecule has 0 heterocycles. The topological polar surface area (TPSA) is 0 Å². The van der Waals surface area contributed by atoms with Crippen LogP contribution in [0.3, 0.4) is 0 Å². The Morgan fingerprint density at radius 3 is 2.29 bits per heavy atom. The molecule has 0 spiro atoms. The van der Waals surface area contributed by atoms with Crippen molar-refractivity contribution in [3.05, 3.63) is 11.0 Å². The van der Waals surface area contributed by atoms with Gasteiger partial charge in [-0.1, -0.05) is 46.1 Å². The van der Waals surface area contributed by atoms with E-state index in [4.69, 9.17) is 0 Å². The Kier molecular flexibility index (Phi) is 8.46. The third-order valence-corrected chi connectivity index (χ3v) is 3.19. The second kappa shape index (κ2) is 8.40. The van der Waals surface area contributed by atoms with Crippen LogP contribution in [0.2, 0.25) is 0 Å². The van der Waals surface area contributed by atoms with E-state index in [-0.39, 0.29) is 0 Å². The van der Waals surface area contributed by atoms with Crippen molar-refractivity contribution < 1.29 is 0 Å². The van der Waals surface area contributed by atoms with Gasteiger partial charge in [-0.15, -0.1) is 12.6 Å². The lowest BCUT2D eigenvalue weighted by Crippen LogP contribution is -1.96. The summed E-state index contributed by atoms with van der Waals surface area (Å²) in [5.74, 6) is 1.72. The van der Waals surface area contributed by atoms with Gasteiger partial charge in [-0.05, 0) is 36.5 Å². The Hall–Kier alpha value is 0.0900. The monoisotopic (exact) mass is 214 g/mol. The van der Waals surface area contributed by atoms with E-state index in [1.54, 1.807) is 0 Å². The van der Waals surface area contributed by atoms with Crippen molar-refractivity contribution in [2.75, 3.05) is 0 Å². The van der Waals surface area contributed by atoms with Crippen LogP contribution in [0.15, 0.2) is 11.0 Å². The lowest BCUT2D eigenvalue weighted by Gasteiger charge is -2.11. The third kappa shape index (κ3) is 8.68. The highest BCUT2D eigenvalue weighted by Gasteiger charge is 2.03. The largest absolute Gasteiger partial charge is 0.148 e. The van der Waals surface area contributed by atoms with Gasteiger partial charge in [-0.25, -0.2) is 0 Å². The molecule has 0 aromatic rings. The molecule has 0 saturated carbocycles. The van der Waals surface area contributed by atoms with Crippen LogP contribution in [-0.2, 0) is 0 Å². The maximum absolute atomic E-state index is 4.39. The number of rotatable bonds is 7. The van der Waals surface area contributed by atoms with Crippen molar-refractivity contribution in [2.24, 2.45) is 11.8 Å². The average Bonchev–Trinajstić information content (AvgIpc) is 2.13. The Labute approximate surface area is 95.6 Å². The summed E-state index contributed by atoms with van der Waals surface area (Å²) in [7, 11) is 0. The molecular formula is C13H26S. The van der Waals surface area contributed by atoms with Gasteiger partial charge in [0.25, 0.3) is 0 Å². The van der Waals surface area contributed by atoms with E-state index < -0.39 is 0 Å². The summed E-state index contributed by atoms with van der Waals surface area (Å²) in [5, 5.41) is 0. The Bertz CT molecular complexity index is 159. The molecule has 84 valence electrons. The molecule has 1 heteroatoms. The van der Waals surface area contributed by atoms with Gasteiger partial charge in [-0.2, -0.15) is 0 Å². The molecule has 0 rings (SSSR count). The molecule has 0 amide bonds. The predicted octanol–water partition coefficient (Wildman–Crippen LogP) is 5.06. The second-order valence-electron chi connectivity index (χ2n) is 4.75. The molecule has 0 aliphatic heterocycles. The fourth-order valence-electron chi connectivity index (χ4n) is 1.56. The van der Waals surface area contributed by atoms with E-state index in [0.29, 0.717) is 0 Å². The van der Waals surface area contributed by atoms with E-state index in [1.165, 1.54) is 30.6 Å². The van der Waals surface area contributed by atoms with Gasteiger partial charge in [0, 0.05) is 0 Å². The van der Waals surface area contributed by atoms with E-state index in [9.17, 15) is 0 Å². The highest BCUT2D eigenvalue weighted by molar-refractivity contribution is 7.84. The van der Waals surface area contributed by atoms with Crippen LogP contribution < -0.4 is 0 Å². The van der Waals surface area contributed by atoms with Crippen LogP contribution in [0.5, 0.6) is 0 Å². The van der Waals surface area contributed by atoms with Gasteiger partial charge in [0.05, 0.1) is 0 Å². The molecular weight excluding hydrogens is 188 g/mol. The smallest absolute Gasteiger partial charge is 0.0222 e. The number of allylic oxidation sites excluding steroid dienone is 2. The standard InChI is InChI=1S/C13H26S/c1-5-13(14)10-9-12(4)8-6-7-11(2)3/h5,11-12,14H,6-10H2,1-4H3/b13-5-. The van der Waals surface area contributed by atoms with Crippen molar-refractivity contribution in [3.63, 3.8) is 0 Å². The highest BCUT2D eigenvalue weighted by Crippen LogP contribution is 2.20. The third-order valence-electron chi connectivity index (χ3n) is 2.70. The molecule has 0 aliphatic carbocycles. The molecule has 1 unspecified atom stereocenters. The summed E-state index contributed by atoms with van der Waals surface area (Å²) in [6.45, 7) is 9.02. The van der Waals surface area contributed by atoms with Gasteiger partial charge in [-0.3, -0.25) is 0 Å².